The van der Waals surface area contributed by atoms with Crippen molar-refractivity contribution in [1.82, 2.24) is 0 Å². The lowest BCUT2D eigenvalue weighted by molar-refractivity contribution is -0.154. The van der Waals surface area contributed by atoms with E-state index < -0.39 is 19.9 Å². The first kappa shape index (κ1) is 44.2. The highest BCUT2D eigenvalue weighted by Crippen LogP contribution is 2.43. The molecule has 0 bridgehead atoms. The van der Waals surface area contributed by atoms with Gasteiger partial charge in [0.2, 0.25) is 0 Å². The molecule has 0 aliphatic heterocycles. The SMILES string of the molecule is CCCCCCCCCC/C=C\CCCCCCCCCCCCCCCCOCC(COP(=O)(O)OCCN)OC(=O)CC. The summed E-state index contributed by atoms with van der Waals surface area (Å²) in [4.78, 5) is 21.3. The summed E-state index contributed by atoms with van der Waals surface area (Å²) in [6, 6.07) is 0. The molecule has 0 fully saturated rings. The maximum absolute atomic E-state index is 11.8. The van der Waals surface area contributed by atoms with Crippen molar-refractivity contribution in [3.63, 3.8) is 0 Å². The number of rotatable bonds is 36. The van der Waals surface area contributed by atoms with Crippen molar-refractivity contribution in [2.45, 2.75) is 180 Å². The van der Waals surface area contributed by atoms with Crippen LogP contribution in [0.1, 0.15) is 174 Å². The first-order chi connectivity index (χ1) is 21.9. The van der Waals surface area contributed by atoms with Crippen molar-refractivity contribution in [3.8, 4) is 0 Å². The molecule has 45 heavy (non-hydrogen) atoms. The Morgan fingerprint density at radius 2 is 1.09 bits per heavy atom. The number of phosphoric ester groups is 1. The average molecular weight is 662 g/mol. The van der Waals surface area contributed by atoms with E-state index in [1.165, 1.54) is 141 Å². The maximum atomic E-state index is 11.8. The van der Waals surface area contributed by atoms with Gasteiger partial charge in [0.25, 0.3) is 0 Å². The van der Waals surface area contributed by atoms with Crippen LogP contribution >= 0.6 is 7.82 Å². The highest BCUT2D eigenvalue weighted by molar-refractivity contribution is 7.47. The Kier molecular flexibility index (Phi) is 34.0. The van der Waals surface area contributed by atoms with Crippen LogP contribution in [0.15, 0.2) is 12.2 Å². The highest BCUT2D eigenvalue weighted by Gasteiger charge is 2.24. The van der Waals surface area contributed by atoms with E-state index >= 15 is 0 Å². The zero-order valence-electron chi connectivity index (χ0n) is 29.4. The van der Waals surface area contributed by atoms with Crippen molar-refractivity contribution in [2.24, 2.45) is 5.73 Å². The van der Waals surface area contributed by atoms with E-state index in [1.54, 1.807) is 6.92 Å². The van der Waals surface area contributed by atoms with Gasteiger partial charge in [-0.05, 0) is 32.1 Å². The molecule has 0 saturated carbocycles. The Hall–Kier alpha value is -0.760. The van der Waals surface area contributed by atoms with Crippen LogP contribution in [0.2, 0.25) is 0 Å². The molecule has 8 nitrogen and oxygen atoms in total. The van der Waals surface area contributed by atoms with E-state index in [4.69, 9.17) is 24.3 Å². The summed E-state index contributed by atoms with van der Waals surface area (Å²) in [6.45, 7) is 4.36. The lowest BCUT2D eigenvalue weighted by Gasteiger charge is -2.19. The van der Waals surface area contributed by atoms with Crippen LogP contribution in [0.5, 0.6) is 0 Å². The van der Waals surface area contributed by atoms with E-state index in [-0.39, 0.29) is 32.8 Å². The van der Waals surface area contributed by atoms with Crippen molar-refractivity contribution in [3.05, 3.63) is 12.2 Å². The van der Waals surface area contributed by atoms with Crippen LogP contribution < -0.4 is 5.73 Å². The summed E-state index contributed by atoms with van der Waals surface area (Å²) >= 11 is 0. The minimum Gasteiger partial charge on any atom is -0.457 e. The number of nitrogens with two attached hydrogens (primary N) is 1. The molecule has 0 saturated heterocycles. The van der Waals surface area contributed by atoms with E-state index in [1.807, 2.05) is 0 Å². The number of hydrogen-bond acceptors (Lipinski definition) is 7. The first-order valence-corrected chi connectivity index (χ1v) is 20.2. The largest absolute Gasteiger partial charge is 0.472 e. The molecule has 2 atom stereocenters. The Morgan fingerprint density at radius 1 is 0.644 bits per heavy atom. The van der Waals surface area contributed by atoms with Gasteiger partial charge in [0.05, 0.1) is 19.8 Å². The Morgan fingerprint density at radius 3 is 1.53 bits per heavy atom. The lowest BCUT2D eigenvalue weighted by atomic mass is 10.0. The Labute approximate surface area is 277 Å². The molecule has 3 N–H and O–H groups in total. The van der Waals surface area contributed by atoms with Crippen LogP contribution in [0.25, 0.3) is 0 Å². The number of esters is 1. The fraction of sp³-hybridized carbons (Fsp3) is 0.917. The van der Waals surface area contributed by atoms with Gasteiger partial charge in [0.1, 0.15) is 6.10 Å². The molecule has 0 aromatic carbocycles. The van der Waals surface area contributed by atoms with E-state index in [0.29, 0.717) is 6.61 Å². The molecule has 2 unspecified atom stereocenters. The van der Waals surface area contributed by atoms with Crippen molar-refractivity contribution in [2.75, 3.05) is 33.0 Å². The predicted octanol–water partition coefficient (Wildman–Crippen LogP) is 10.4. The van der Waals surface area contributed by atoms with E-state index in [9.17, 15) is 14.3 Å². The third-order valence-corrected chi connectivity index (χ3v) is 8.97. The molecule has 0 aliphatic carbocycles. The maximum Gasteiger partial charge on any atom is 0.472 e. The number of unbranched alkanes of at least 4 members (excludes halogenated alkanes) is 22. The summed E-state index contributed by atoms with van der Waals surface area (Å²) in [7, 11) is -4.23. The van der Waals surface area contributed by atoms with Crippen LogP contribution in [0.3, 0.4) is 0 Å². The molecule has 268 valence electrons. The lowest BCUT2D eigenvalue weighted by Crippen LogP contribution is -2.28. The molecule has 0 heterocycles. The van der Waals surface area contributed by atoms with E-state index in [0.717, 1.165) is 12.8 Å². The van der Waals surface area contributed by atoms with E-state index in [2.05, 4.69) is 19.1 Å². The highest BCUT2D eigenvalue weighted by atomic mass is 31.2. The van der Waals surface area contributed by atoms with Crippen LogP contribution in [-0.2, 0) is 27.9 Å². The smallest absolute Gasteiger partial charge is 0.457 e. The third-order valence-electron chi connectivity index (χ3n) is 7.99. The normalized spacial score (nSPS) is 13.8. The Balaban J connectivity index is 3.48. The second-order valence-corrected chi connectivity index (χ2v) is 13.9. The Bertz CT molecular complexity index is 707. The van der Waals surface area contributed by atoms with Crippen LogP contribution in [0, 0.1) is 0 Å². The molecular formula is C36H72NO7P. The molecule has 9 heteroatoms. The van der Waals surface area contributed by atoms with Gasteiger partial charge in [-0.2, -0.15) is 0 Å². The first-order valence-electron chi connectivity index (χ1n) is 18.7. The predicted molar refractivity (Wildman–Crippen MR) is 187 cm³/mol. The number of ether oxygens (including phenoxy) is 2. The fourth-order valence-corrected chi connectivity index (χ4v) is 5.97. The third kappa shape index (κ3) is 34.4. The number of carbonyl (C=O) groups excluding carboxylic acids is 1. The van der Waals surface area contributed by atoms with Gasteiger partial charge in [-0.1, -0.05) is 148 Å². The number of hydrogen-bond donors (Lipinski definition) is 2. The molecule has 0 aromatic rings. The van der Waals surface area contributed by atoms with Gasteiger partial charge in [-0.15, -0.1) is 0 Å². The molecule has 0 amide bonds. The number of phosphoric acid groups is 1. The number of carbonyl (C=O) groups is 1. The van der Waals surface area contributed by atoms with Crippen LogP contribution in [0.4, 0.5) is 0 Å². The summed E-state index contributed by atoms with van der Waals surface area (Å²) < 4.78 is 32.3. The minimum atomic E-state index is -4.23. The zero-order valence-corrected chi connectivity index (χ0v) is 30.3. The van der Waals surface area contributed by atoms with Crippen molar-refractivity contribution >= 4 is 13.8 Å². The summed E-state index contributed by atoms with van der Waals surface area (Å²) in [6.07, 6.45) is 36.2. The van der Waals surface area contributed by atoms with Gasteiger partial charge in [0.15, 0.2) is 0 Å². The molecule has 0 spiro atoms. The van der Waals surface area contributed by atoms with Gasteiger partial charge < -0.3 is 20.1 Å². The molecule has 0 rings (SSSR count). The monoisotopic (exact) mass is 662 g/mol. The zero-order chi connectivity index (χ0) is 33.1. The summed E-state index contributed by atoms with van der Waals surface area (Å²) in [5.74, 6) is -0.416. The van der Waals surface area contributed by atoms with Gasteiger partial charge in [0, 0.05) is 19.6 Å². The van der Waals surface area contributed by atoms with Gasteiger partial charge in [-0.3, -0.25) is 13.8 Å². The van der Waals surface area contributed by atoms with Gasteiger partial charge >= 0.3 is 13.8 Å². The second kappa shape index (κ2) is 34.6. The summed E-state index contributed by atoms with van der Waals surface area (Å²) in [5.41, 5.74) is 5.28. The molecular weight excluding hydrogens is 589 g/mol. The average Bonchev–Trinajstić information content (AvgIpc) is 3.03. The fourth-order valence-electron chi connectivity index (χ4n) is 5.20. The second-order valence-electron chi connectivity index (χ2n) is 12.4. The van der Waals surface area contributed by atoms with Crippen LogP contribution in [-0.4, -0.2) is 49.9 Å². The van der Waals surface area contributed by atoms with Crippen molar-refractivity contribution < 1.29 is 32.8 Å². The number of allylic oxidation sites excluding steroid dienone is 2. The molecule has 0 aliphatic rings. The minimum absolute atomic E-state index is 0.0955. The quantitative estimate of drug-likeness (QED) is 0.0295. The summed E-state index contributed by atoms with van der Waals surface area (Å²) in [5, 5.41) is 0. The topological polar surface area (TPSA) is 117 Å². The standard InChI is InChI=1S/C36H72NO7P/c1-3-5-6-7-8-9-10-11-12-13-14-15-16-17-18-19-20-21-22-23-24-25-26-27-28-29-31-41-33-35(44-36(38)4-2)34-43-45(39,40)42-32-30-37/h13-14,35H,3-12,15-34,37H2,1-2H3,(H,39,40)/b14-13-. The molecule has 0 aromatic heterocycles. The molecule has 0 radical (unpaired) electrons. The van der Waals surface area contributed by atoms with Crippen molar-refractivity contribution in [1.29, 1.82) is 0 Å². The van der Waals surface area contributed by atoms with Gasteiger partial charge in [-0.25, -0.2) is 4.57 Å².